The first-order valence-corrected chi connectivity index (χ1v) is 9.68. The predicted octanol–water partition coefficient (Wildman–Crippen LogP) is 1.94. The van der Waals surface area contributed by atoms with Gasteiger partial charge >= 0.3 is 0 Å². The van der Waals surface area contributed by atoms with E-state index in [0.29, 0.717) is 25.4 Å². The molecule has 2 heterocycles. The molecular formula is C13H22N4O3S2. The summed E-state index contributed by atoms with van der Waals surface area (Å²) in [5.74, 6) is 0.597. The molecule has 0 atom stereocenters. The van der Waals surface area contributed by atoms with Crippen LogP contribution >= 0.6 is 11.3 Å². The Bertz CT molecular complexity index is 619. The summed E-state index contributed by atoms with van der Waals surface area (Å²) in [6, 6.07) is 0. The first-order valence-electron chi connectivity index (χ1n) is 7.42. The number of aromatic nitrogens is 2. The van der Waals surface area contributed by atoms with Crippen LogP contribution < -0.4 is 5.32 Å². The van der Waals surface area contributed by atoms with Crippen LogP contribution in [0, 0.1) is 11.8 Å². The number of amides is 1. The predicted molar refractivity (Wildman–Crippen MR) is 85.2 cm³/mol. The van der Waals surface area contributed by atoms with Gasteiger partial charge in [0.15, 0.2) is 0 Å². The van der Waals surface area contributed by atoms with E-state index in [2.05, 4.69) is 22.4 Å². The van der Waals surface area contributed by atoms with E-state index in [1.165, 1.54) is 4.31 Å². The molecule has 22 heavy (non-hydrogen) atoms. The lowest BCUT2D eigenvalue weighted by Gasteiger charge is -2.28. The highest BCUT2D eigenvalue weighted by molar-refractivity contribution is 7.91. The molecule has 1 fully saturated rings. The van der Waals surface area contributed by atoms with E-state index in [9.17, 15) is 13.2 Å². The van der Waals surface area contributed by atoms with Crippen LogP contribution in [-0.4, -0.2) is 41.9 Å². The Kier molecular flexibility index (Phi) is 5.51. The van der Waals surface area contributed by atoms with E-state index in [0.717, 1.165) is 24.2 Å². The zero-order valence-corrected chi connectivity index (χ0v) is 14.7. The minimum atomic E-state index is -3.60. The molecule has 0 aliphatic carbocycles. The smallest absolute Gasteiger partial charge is 0.272 e. The Morgan fingerprint density at radius 3 is 2.59 bits per heavy atom. The van der Waals surface area contributed by atoms with Crippen LogP contribution in [-0.2, 0) is 14.8 Å². The molecule has 1 aromatic rings. The average Bonchev–Trinajstić information content (AvgIpc) is 2.87. The van der Waals surface area contributed by atoms with Gasteiger partial charge in [0.05, 0.1) is 0 Å². The topological polar surface area (TPSA) is 92.3 Å². The number of hydrogen-bond acceptors (Lipinski definition) is 6. The molecule has 1 aromatic heterocycles. The van der Waals surface area contributed by atoms with E-state index < -0.39 is 10.0 Å². The molecule has 1 amide bonds. The Labute approximate surface area is 135 Å². The van der Waals surface area contributed by atoms with Gasteiger partial charge in [-0.25, -0.2) is 8.42 Å². The largest absolute Gasteiger partial charge is 0.300 e. The number of rotatable bonds is 5. The molecule has 1 aliphatic rings. The first kappa shape index (κ1) is 17.3. The fourth-order valence-corrected chi connectivity index (χ4v) is 4.77. The SMILES string of the molecule is CC(C)CC(=O)Nc1nnc(S(=O)(=O)N2CCC(C)CC2)s1. The molecule has 1 saturated heterocycles. The van der Waals surface area contributed by atoms with Crippen molar-refractivity contribution >= 4 is 32.4 Å². The van der Waals surface area contributed by atoms with Crippen molar-refractivity contribution in [2.75, 3.05) is 18.4 Å². The van der Waals surface area contributed by atoms with E-state index in [4.69, 9.17) is 0 Å². The van der Waals surface area contributed by atoms with Crippen LogP contribution in [0.15, 0.2) is 4.34 Å². The minimum Gasteiger partial charge on any atom is -0.300 e. The highest BCUT2D eigenvalue weighted by atomic mass is 32.2. The Hall–Kier alpha value is -1.06. The molecule has 0 radical (unpaired) electrons. The fraction of sp³-hybridized carbons (Fsp3) is 0.769. The average molecular weight is 346 g/mol. The zero-order valence-electron chi connectivity index (χ0n) is 13.1. The number of nitrogens with zero attached hydrogens (tertiary/aromatic N) is 3. The molecule has 2 rings (SSSR count). The summed E-state index contributed by atoms with van der Waals surface area (Å²) in [4.78, 5) is 11.7. The van der Waals surface area contributed by atoms with Gasteiger partial charge in [0.25, 0.3) is 10.0 Å². The lowest BCUT2D eigenvalue weighted by molar-refractivity contribution is -0.116. The summed E-state index contributed by atoms with van der Waals surface area (Å²) < 4.78 is 26.4. The summed E-state index contributed by atoms with van der Waals surface area (Å²) in [6.07, 6.45) is 2.08. The number of hydrogen-bond donors (Lipinski definition) is 1. The maximum atomic E-state index is 12.5. The van der Waals surface area contributed by atoms with Gasteiger partial charge in [-0.2, -0.15) is 4.31 Å². The summed E-state index contributed by atoms with van der Waals surface area (Å²) in [5, 5.41) is 10.3. The molecule has 0 saturated carbocycles. The highest BCUT2D eigenvalue weighted by Gasteiger charge is 2.31. The third kappa shape index (κ3) is 4.23. The minimum absolute atomic E-state index is 0.0538. The van der Waals surface area contributed by atoms with Crippen molar-refractivity contribution in [3.8, 4) is 0 Å². The molecule has 124 valence electrons. The van der Waals surface area contributed by atoms with Gasteiger partial charge in [-0.15, -0.1) is 10.2 Å². The van der Waals surface area contributed by atoms with Gasteiger partial charge in [-0.3, -0.25) is 4.79 Å². The number of piperidine rings is 1. The summed E-state index contributed by atoms with van der Waals surface area (Å²) in [5.41, 5.74) is 0. The number of nitrogens with one attached hydrogen (secondary N) is 1. The van der Waals surface area contributed by atoms with Gasteiger partial charge in [0.2, 0.25) is 15.4 Å². The molecule has 0 bridgehead atoms. The van der Waals surface area contributed by atoms with Crippen LogP contribution in [0.25, 0.3) is 0 Å². The van der Waals surface area contributed by atoms with Crippen LogP contribution in [0.3, 0.4) is 0 Å². The molecule has 7 nitrogen and oxygen atoms in total. The van der Waals surface area contributed by atoms with Gasteiger partial charge in [0.1, 0.15) is 0 Å². The molecule has 0 unspecified atom stereocenters. The van der Waals surface area contributed by atoms with Crippen molar-refractivity contribution in [3.63, 3.8) is 0 Å². The van der Waals surface area contributed by atoms with Crippen molar-refractivity contribution in [1.82, 2.24) is 14.5 Å². The normalized spacial score (nSPS) is 17.8. The molecule has 1 aliphatic heterocycles. The standard InChI is InChI=1S/C13H22N4O3S2/c1-9(2)8-11(18)14-12-15-16-13(21-12)22(19,20)17-6-4-10(3)5-7-17/h9-10H,4-8H2,1-3H3,(H,14,15,18). The van der Waals surface area contributed by atoms with Gasteiger partial charge < -0.3 is 5.32 Å². The van der Waals surface area contributed by atoms with Crippen LogP contribution in [0.2, 0.25) is 0 Å². The second kappa shape index (κ2) is 7.01. The Morgan fingerprint density at radius 2 is 2.00 bits per heavy atom. The second-order valence-corrected chi connectivity index (χ2v) is 9.20. The highest BCUT2D eigenvalue weighted by Crippen LogP contribution is 2.27. The molecule has 0 aromatic carbocycles. The van der Waals surface area contributed by atoms with E-state index in [1.807, 2.05) is 13.8 Å². The van der Waals surface area contributed by atoms with E-state index >= 15 is 0 Å². The molecular weight excluding hydrogens is 324 g/mol. The maximum absolute atomic E-state index is 12.5. The van der Waals surface area contributed by atoms with Gasteiger partial charge in [-0.05, 0) is 24.7 Å². The third-order valence-electron chi connectivity index (χ3n) is 3.55. The summed E-state index contributed by atoms with van der Waals surface area (Å²) >= 11 is 0.906. The van der Waals surface area contributed by atoms with Crippen molar-refractivity contribution in [3.05, 3.63) is 0 Å². The molecule has 1 N–H and O–H groups in total. The summed E-state index contributed by atoms with van der Waals surface area (Å²) in [7, 11) is -3.60. The number of carbonyl (C=O) groups is 1. The van der Waals surface area contributed by atoms with Crippen molar-refractivity contribution in [1.29, 1.82) is 0 Å². The van der Waals surface area contributed by atoms with Crippen LogP contribution in [0.5, 0.6) is 0 Å². The van der Waals surface area contributed by atoms with Crippen molar-refractivity contribution in [2.24, 2.45) is 11.8 Å². The summed E-state index contributed by atoms with van der Waals surface area (Å²) in [6.45, 7) is 7.02. The van der Waals surface area contributed by atoms with Gasteiger partial charge in [0, 0.05) is 19.5 Å². The second-order valence-electron chi connectivity index (χ2n) is 6.11. The number of carbonyl (C=O) groups excluding carboxylic acids is 1. The van der Waals surface area contributed by atoms with Crippen LogP contribution in [0.1, 0.15) is 40.0 Å². The maximum Gasteiger partial charge on any atom is 0.272 e. The van der Waals surface area contributed by atoms with Crippen LogP contribution in [0.4, 0.5) is 5.13 Å². The third-order valence-corrected chi connectivity index (χ3v) is 6.63. The zero-order chi connectivity index (χ0) is 16.3. The lowest BCUT2D eigenvalue weighted by Crippen LogP contribution is -2.37. The van der Waals surface area contributed by atoms with Gasteiger partial charge in [-0.1, -0.05) is 32.1 Å². The number of anilines is 1. The monoisotopic (exact) mass is 346 g/mol. The first-order chi connectivity index (χ1) is 10.3. The quantitative estimate of drug-likeness (QED) is 0.823. The Balaban J connectivity index is 2.05. The Morgan fingerprint density at radius 1 is 1.36 bits per heavy atom. The van der Waals surface area contributed by atoms with Crippen molar-refractivity contribution in [2.45, 2.75) is 44.4 Å². The van der Waals surface area contributed by atoms with E-state index in [1.54, 1.807) is 0 Å². The van der Waals surface area contributed by atoms with E-state index in [-0.39, 0.29) is 21.3 Å². The van der Waals surface area contributed by atoms with Crippen molar-refractivity contribution < 1.29 is 13.2 Å². The lowest BCUT2D eigenvalue weighted by atomic mass is 10.0. The number of sulfonamides is 1. The fourth-order valence-electron chi connectivity index (χ4n) is 2.24. The molecule has 0 spiro atoms. The molecule has 9 heteroatoms.